The summed E-state index contributed by atoms with van der Waals surface area (Å²) >= 11 is 0. The molecule has 0 saturated carbocycles. The number of carbonyl (C=O) groups excluding carboxylic acids is 1. The summed E-state index contributed by atoms with van der Waals surface area (Å²) in [5.41, 5.74) is 0.917. The second-order valence-electron chi connectivity index (χ2n) is 6.11. The van der Waals surface area contributed by atoms with Gasteiger partial charge in [0.2, 0.25) is 0 Å². The number of carbonyl (C=O) groups is 1. The minimum atomic E-state index is -0.481. The van der Waals surface area contributed by atoms with Gasteiger partial charge in [-0.15, -0.1) is 0 Å². The lowest BCUT2D eigenvalue weighted by molar-refractivity contribution is 0.0463. The standard InChI is InChI=1S/C22H23NO6/c1-3-25-21-14-17(22(24)28-15-18-13-16(2)29-23-18)9-10-20(21)27-12-11-26-19-7-5-4-6-8-19/h4-10,13-14H,3,11-12,15H2,1-2H3. The molecule has 0 radical (unpaired) electrons. The van der Waals surface area contributed by atoms with E-state index in [1.807, 2.05) is 37.3 Å². The summed E-state index contributed by atoms with van der Waals surface area (Å²) < 4.78 is 27.2. The first-order valence-electron chi connectivity index (χ1n) is 9.32. The molecular formula is C22H23NO6. The average molecular weight is 397 g/mol. The number of para-hydroxylation sites is 1. The fourth-order valence-electron chi connectivity index (χ4n) is 2.56. The van der Waals surface area contributed by atoms with E-state index in [1.54, 1.807) is 31.2 Å². The van der Waals surface area contributed by atoms with E-state index in [2.05, 4.69) is 5.16 Å². The summed E-state index contributed by atoms with van der Waals surface area (Å²) in [6.07, 6.45) is 0. The molecule has 7 nitrogen and oxygen atoms in total. The van der Waals surface area contributed by atoms with Crippen LogP contribution in [0, 0.1) is 6.92 Å². The summed E-state index contributed by atoms with van der Waals surface area (Å²) in [5.74, 6) is 1.96. The van der Waals surface area contributed by atoms with Crippen molar-refractivity contribution in [1.82, 2.24) is 5.16 Å². The fourth-order valence-corrected chi connectivity index (χ4v) is 2.56. The molecular weight excluding hydrogens is 374 g/mol. The van der Waals surface area contributed by atoms with Crippen molar-refractivity contribution in [2.45, 2.75) is 20.5 Å². The molecule has 1 heterocycles. The van der Waals surface area contributed by atoms with Crippen LogP contribution in [0.15, 0.2) is 59.1 Å². The molecule has 2 aromatic carbocycles. The summed E-state index contributed by atoms with van der Waals surface area (Å²) in [5, 5.41) is 3.80. The third kappa shape index (κ3) is 6.00. The van der Waals surface area contributed by atoms with Gasteiger partial charge in [0.1, 0.15) is 37.0 Å². The molecule has 0 saturated heterocycles. The highest BCUT2D eigenvalue weighted by Gasteiger charge is 2.14. The Kier molecular flexibility index (Phi) is 7.10. The van der Waals surface area contributed by atoms with Crippen LogP contribution in [0.2, 0.25) is 0 Å². The second kappa shape index (κ2) is 10.2. The monoisotopic (exact) mass is 397 g/mol. The molecule has 0 aliphatic heterocycles. The van der Waals surface area contributed by atoms with E-state index in [9.17, 15) is 4.79 Å². The molecule has 3 aromatic rings. The third-order valence-electron chi connectivity index (χ3n) is 3.86. The van der Waals surface area contributed by atoms with Crippen molar-refractivity contribution in [2.75, 3.05) is 19.8 Å². The van der Waals surface area contributed by atoms with E-state index < -0.39 is 5.97 Å². The van der Waals surface area contributed by atoms with Gasteiger partial charge < -0.3 is 23.5 Å². The predicted octanol–water partition coefficient (Wildman–Crippen LogP) is 4.20. The number of esters is 1. The normalized spacial score (nSPS) is 10.4. The maximum Gasteiger partial charge on any atom is 0.338 e. The first-order valence-corrected chi connectivity index (χ1v) is 9.32. The number of aromatic nitrogens is 1. The van der Waals surface area contributed by atoms with Gasteiger partial charge in [-0.2, -0.15) is 0 Å². The zero-order chi connectivity index (χ0) is 20.5. The SMILES string of the molecule is CCOc1cc(C(=O)OCc2cc(C)on2)ccc1OCCOc1ccccc1. The van der Waals surface area contributed by atoms with Crippen LogP contribution < -0.4 is 14.2 Å². The highest BCUT2D eigenvalue weighted by atomic mass is 16.5. The van der Waals surface area contributed by atoms with Crippen molar-refractivity contribution in [3.63, 3.8) is 0 Å². The molecule has 0 aliphatic carbocycles. The van der Waals surface area contributed by atoms with Gasteiger partial charge in [0.05, 0.1) is 12.2 Å². The summed E-state index contributed by atoms with van der Waals surface area (Å²) in [6, 6.07) is 16.1. The Morgan fingerprint density at radius 1 is 0.966 bits per heavy atom. The number of aryl methyl sites for hydroxylation is 1. The van der Waals surface area contributed by atoms with Gasteiger partial charge in [0.15, 0.2) is 11.5 Å². The van der Waals surface area contributed by atoms with Crippen LogP contribution in [0.3, 0.4) is 0 Å². The van der Waals surface area contributed by atoms with Crippen LogP contribution in [0.4, 0.5) is 0 Å². The van der Waals surface area contributed by atoms with E-state index in [4.69, 9.17) is 23.5 Å². The van der Waals surface area contributed by atoms with E-state index in [0.717, 1.165) is 5.75 Å². The highest BCUT2D eigenvalue weighted by Crippen LogP contribution is 2.29. The number of ether oxygens (including phenoxy) is 4. The molecule has 1 aromatic heterocycles. The molecule has 29 heavy (non-hydrogen) atoms. The maximum absolute atomic E-state index is 12.3. The molecule has 7 heteroatoms. The van der Waals surface area contributed by atoms with Crippen molar-refractivity contribution >= 4 is 5.97 Å². The van der Waals surface area contributed by atoms with Crippen LogP contribution in [0.5, 0.6) is 17.2 Å². The van der Waals surface area contributed by atoms with Gasteiger partial charge in [-0.25, -0.2) is 4.79 Å². The summed E-state index contributed by atoms with van der Waals surface area (Å²) in [6.45, 7) is 4.83. The Bertz CT molecular complexity index is 922. The molecule has 0 spiro atoms. The molecule has 3 rings (SSSR count). The first-order chi connectivity index (χ1) is 14.2. The van der Waals surface area contributed by atoms with Gasteiger partial charge in [0.25, 0.3) is 0 Å². The Morgan fingerprint density at radius 2 is 1.76 bits per heavy atom. The third-order valence-corrected chi connectivity index (χ3v) is 3.86. The van der Waals surface area contributed by atoms with Gasteiger partial charge in [-0.05, 0) is 44.2 Å². The molecule has 0 amide bonds. The number of rotatable bonds is 10. The zero-order valence-corrected chi connectivity index (χ0v) is 16.4. The van der Waals surface area contributed by atoms with Gasteiger partial charge in [-0.3, -0.25) is 0 Å². The van der Waals surface area contributed by atoms with E-state index in [0.29, 0.717) is 48.3 Å². The zero-order valence-electron chi connectivity index (χ0n) is 16.4. The highest BCUT2D eigenvalue weighted by molar-refractivity contribution is 5.90. The van der Waals surface area contributed by atoms with Crippen LogP contribution in [0.25, 0.3) is 0 Å². The lowest BCUT2D eigenvalue weighted by atomic mass is 10.2. The predicted molar refractivity (Wildman–Crippen MR) is 105 cm³/mol. The van der Waals surface area contributed by atoms with Crippen molar-refractivity contribution in [1.29, 1.82) is 0 Å². The van der Waals surface area contributed by atoms with Crippen LogP contribution in [-0.2, 0) is 11.3 Å². The van der Waals surface area contributed by atoms with Crippen LogP contribution in [0.1, 0.15) is 28.7 Å². The minimum absolute atomic E-state index is 0.0369. The Labute approximate surface area is 169 Å². The van der Waals surface area contributed by atoms with E-state index >= 15 is 0 Å². The molecule has 0 bridgehead atoms. The fraction of sp³-hybridized carbons (Fsp3) is 0.273. The molecule has 0 atom stereocenters. The Balaban J connectivity index is 1.56. The first kappa shape index (κ1) is 20.3. The number of nitrogens with zero attached hydrogens (tertiary/aromatic N) is 1. The Hall–Kier alpha value is -3.48. The molecule has 152 valence electrons. The summed E-state index contributed by atoms with van der Waals surface area (Å²) in [4.78, 5) is 12.3. The van der Waals surface area contributed by atoms with Crippen LogP contribution >= 0.6 is 0 Å². The lowest BCUT2D eigenvalue weighted by Crippen LogP contribution is -2.11. The van der Waals surface area contributed by atoms with Gasteiger partial charge in [0, 0.05) is 6.07 Å². The smallest absolute Gasteiger partial charge is 0.338 e. The van der Waals surface area contributed by atoms with Crippen LogP contribution in [-0.4, -0.2) is 30.9 Å². The van der Waals surface area contributed by atoms with Crippen molar-refractivity contribution < 1.29 is 28.3 Å². The van der Waals surface area contributed by atoms with E-state index in [1.165, 1.54) is 0 Å². The minimum Gasteiger partial charge on any atom is -0.490 e. The largest absolute Gasteiger partial charge is 0.490 e. The maximum atomic E-state index is 12.3. The van der Waals surface area contributed by atoms with Crippen molar-refractivity contribution in [3.8, 4) is 17.2 Å². The molecule has 0 N–H and O–H groups in total. The molecule has 0 aliphatic rings. The Morgan fingerprint density at radius 3 is 2.48 bits per heavy atom. The van der Waals surface area contributed by atoms with Crippen molar-refractivity contribution in [2.24, 2.45) is 0 Å². The average Bonchev–Trinajstić information content (AvgIpc) is 3.16. The summed E-state index contributed by atoms with van der Waals surface area (Å²) in [7, 11) is 0. The quantitative estimate of drug-likeness (QED) is 0.375. The van der Waals surface area contributed by atoms with Gasteiger partial charge >= 0.3 is 5.97 Å². The molecule has 0 fully saturated rings. The number of benzene rings is 2. The van der Waals surface area contributed by atoms with Gasteiger partial charge in [-0.1, -0.05) is 23.4 Å². The van der Waals surface area contributed by atoms with Crippen molar-refractivity contribution in [3.05, 3.63) is 71.6 Å². The van der Waals surface area contributed by atoms with E-state index in [-0.39, 0.29) is 6.61 Å². The topological polar surface area (TPSA) is 80.0 Å². The molecule has 0 unspecified atom stereocenters. The number of hydrogen-bond acceptors (Lipinski definition) is 7. The lowest BCUT2D eigenvalue weighted by Gasteiger charge is -2.13. The number of hydrogen-bond donors (Lipinski definition) is 0. The second-order valence-corrected chi connectivity index (χ2v) is 6.11.